The van der Waals surface area contributed by atoms with E-state index in [0.29, 0.717) is 50.6 Å². The largest absolute Gasteiger partial charge is 0.358 e. The van der Waals surface area contributed by atoms with Crippen molar-refractivity contribution >= 4 is 32.6 Å². The average molecular weight is 469 g/mol. The van der Waals surface area contributed by atoms with Crippen LogP contribution in [0, 0.1) is 23.2 Å². The molecule has 2 fully saturated rings. The van der Waals surface area contributed by atoms with Crippen molar-refractivity contribution in [2.24, 2.45) is 11.8 Å². The van der Waals surface area contributed by atoms with Crippen LogP contribution in [0.15, 0.2) is 23.1 Å². The van der Waals surface area contributed by atoms with Gasteiger partial charge in [0.25, 0.3) is 0 Å². The van der Waals surface area contributed by atoms with Gasteiger partial charge in [0.2, 0.25) is 11.8 Å². The van der Waals surface area contributed by atoms with E-state index in [1.54, 1.807) is 17.0 Å². The van der Waals surface area contributed by atoms with Crippen molar-refractivity contribution in [3.05, 3.63) is 29.5 Å². The number of rotatable bonds is 4. The van der Waals surface area contributed by atoms with Crippen LogP contribution in [0.1, 0.15) is 49.8 Å². The van der Waals surface area contributed by atoms with Crippen molar-refractivity contribution in [2.75, 3.05) is 12.8 Å². The lowest BCUT2D eigenvalue weighted by Gasteiger charge is -2.36. The number of carbonyl (C=O) groups is 2. The van der Waals surface area contributed by atoms with Crippen LogP contribution in [0.4, 0.5) is 0 Å². The third-order valence-corrected chi connectivity index (χ3v) is 8.56. The SMILES string of the molecule is CS(=O)(=O)c1cccc2[nH]c3c(c12)CN(C(=O)[C@@H]1CCCC[C@H]1C(=O)NC1(C#N)CC1)CC3. The van der Waals surface area contributed by atoms with Gasteiger partial charge in [0.1, 0.15) is 5.54 Å². The number of carbonyl (C=O) groups excluding carboxylic acids is 2. The number of H-pyrrole nitrogens is 1. The van der Waals surface area contributed by atoms with Gasteiger partial charge in [-0.2, -0.15) is 5.26 Å². The summed E-state index contributed by atoms with van der Waals surface area (Å²) in [6, 6.07) is 7.39. The molecule has 1 aromatic carbocycles. The Kier molecular flexibility index (Phi) is 5.24. The van der Waals surface area contributed by atoms with Gasteiger partial charge in [0.05, 0.1) is 11.0 Å². The Hall–Kier alpha value is -2.86. The molecule has 174 valence electrons. The van der Waals surface area contributed by atoms with Crippen molar-refractivity contribution < 1.29 is 18.0 Å². The lowest BCUT2D eigenvalue weighted by molar-refractivity contribution is -0.144. The molecule has 5 rings (SSSR count). The van der Waals surface area contributed by atoms with Gasteiger partial charge in [0.15, 0.2) is 9.84 Å². The van der Waals surface area contributed by atoms with E-state index in [1.165, 1.54) is 6.26 Å². The summed E-state index contributed by atoms with van der Waals surface area (Å²) in [6.45, 7) is 0.855. The van der Waals surface area contributed by atoms with E-state index >= 15 is 0 Å². The van der Waals surface area contributed by atoms with Crippen molar-refractivity contribution in [2.45, 2.75) is 61.9 Å². The van der Waals surface area contributed by atoms with Gasteiger partial charge in [-0.15, -0.1) is 0 Å². The number of hydrogen-bond donors (Lipinski definition) is 2. The fraction of sp³-hybridized carbons (Fsp3) is 0.542. The van der Waals surface area contributed by atoms with Crippen molar-refractivity contribution in [3.8, 4) is 6.07 Å². The Morgan fingerprint density at radius 1 is 1.21 bits per heavy atom. The number of fused-ring (bicyclic) bond motifs is 3. The Balaban J connectivity index is 1.41. The van der Waals surface area contributed by atoms with E-state index in [4.69, 9.17) is 0 Å². The molecule has 2 aliphatic carbocycles. The molecule has 0 bridgehead atoms. The molecule has 1 aliphatic heterocycles. The summed E-state index contributed by atoms with van der Waals surface area (Å²) in [4.78, 5) is 32.0. The van der Waals surface area contributed by atoms with Gasteiger partial charge in [-0.3, -0.25) is 9.59 Å². The molecular formula is C24H28N4O4S. The molecule has 33 heavy (non-hydrogen) atoms. The second kappa shape index (κ2) is 7.87. The van der Waals surface area contributed by atoms with Crippen molar-refractivity contribution in [3.63, 3.8) is 0 Å². The number of nitrogens with zero attached hydrogens (tertiary/aromatic N) is 2. The second-order valence-corrected chi connectivity index (χ2v) is 11.7. The molecule has 0 spiro atoms. The molecule has 1 aromatic heterocycles. The van der Waals surface area contributed by atoms with E-state index < -0.39 is 27.2 Å². The first kappa shape index (κ1) is 22.0. The highest BCUT2D eigenvalue weighted by molar-refractivity contribution is 7.91. The van der Waals surface area contributed by atoms with Crippen LogP contribution in [0.2, 0.25) is 0 Å². The third-order valence-electron chi connectivity index (χ3n) is 7.42. The van der Waals surface area contributed by atoms with Gasteiger partial charge in [-0.1, -0.05) is 18.9 Å². The van der Waals surface area contributed by atoms with Crippen LogP contribution in [0.25, 0.3) is 10.9 Å². The smallest absolute Gasteiger partial charge is 0.226 e. The molecule has 2 atom stereocenters. The molecule has 2 heterocycles. The zero-order chi connectivity index (χ0) is 23.4. The minimum absolute atomic E-state index is 0.0477. The average Bonchev–Trinajstić information content (AvgIpc) is 3.48. The number of hydrogen-bond acceptors (Lipinski definition) is 5. The molecular weight excluding hydrogens is 440 g/mol. The number of sulfone groups is 1. The van der Waals surface area contributed by atoms with Gasteiger partial charge in [0, 0.05) is 59.8 Å². The molecule has 0 radical (unpaired) electrons. The summed E-state index contributed by atoms with van der Waals surface area (Å²) < 4.78 is 24.8. The zero-order valence-electron chi connectivity index (χ0n) is 18.7. The Labute approximate surface area is 193 Å². The van der Waals surface area contributed by atoms with Crippen LogP contribution >= 0.6 is 0 Å². The van der Waals surface area contributed by atoms with Crippen LogP contribution in [0.5, 0.6) is 0 Å². The monoisotopic (exact) mass is 468 g/mol. The lowest BCUT2D eigenvalue weighted by atomic mass is 9.77. The number of amides is 2. The standard InChI is InChI=1S/C24H28N4O4S/c1-33(31,32)20-8-4-7-19-21(20)17-13-28(12-9-18(17)26-19)23(30)16-6-3-2-5-15(16)22(29)27-24(14-25)10-11-24/h4,7-8,15-16,26H,2-3,5-6,9-13H2,1H3,(H,27,29)/t15-,16-/m1/s1. The Morgan fingerprint density at radius 3 is 2.61 bits per heavy atom. The second-order valence-electron chi connectivity index (χ2n) is 9.72. The number of nitriles is 1. The van der Waals surface area contributed by atoms with E-state index in [2.05, 4.69) is 16.4 Å². The summed E-state index contributed by atoms with van der Waals surface area (Å²) in [5.74, 6) is -1.06. The Bertz CT molecular complexity index is 1290. The number of nitrogens with one attached hydrogen (secondary N) is 2. The molecule has 8 nitrogen and oxygen atoms in total. The van der Waals surface area contributed by atoms with Gasteiger partial charge >= 0.3 is 0 Å². The number of aromatic amines is 1. The summed E-state index contributed by atoms with van der Waals surface area (Å²) in [5, 5.41) is 12.9. The van der Waals surface area contributed by atoms with Gasteiger partial charge in [-0.25, -0.2) is 8.42 Å². The maximum atomic E-state index is 13.6. The minimum Gasteiger partial charge on any atom is -0.358 e. The molecule has 0 saturated heterocycles. The first-order chi connectivity index (χ1) is 15.7. The topological polar surface area (TPSA) is 123 Å². The van der Waals surface area contributed by atoms with E-state index in [1.807, 2.05) is 6.07 Å². The van der Waals surface area contributed by atoms with Gasteiger partial charge < -0.3 is 15.2 Å². The summed E-state index contributed by atoms with van der Waals surface area (Å²) in [7, 11) is -3.43. The summed E-state index contributed by atoms with van der Waals surface area (Å²) in [5.41, 5.74) is 1.84. The highest BCUT2D eigenvalue weighted by atomic mass is 32.2. The number of aromatic nitrogens is 1. The van der Waals surface area contributed by atoms with Crippen LogP contribution in [-0.4, -0.2) is 48.5 Å². The molecule has 2 saturated carbocycles. The maximum absolute atomic E-state index is 13.6. The van der Waals surface area contributed by atoms with E-state index in [0.717, 1.165) is 29.6 Å². The molecule has 0 unspecified atom stereocenters. The third kappa shape index (κ3) is 3.90. The Morgan fingerprint density at radius 2 is 1.94 bits per heavy atom. The minimum atomic E-state index is -3.43. The van der Waals surface area contributed by atoms with Crippen LogP contribution in [-0.2, 0) is 32.4 Å². The molecule has 2 N–H and O–H groups in total. The predicted molar refractivity (Wildman–Crippen MR) is 122 cm³/mol. The van der Waals surface area contributed by atoms with Gasteiger partial charge in [-0.05, 0) is 37.8 Å². The lowest BCUT2D eigenvalue weighted by Crippen LogP contribution is -2.48. The first-order valence-electron chi connectivity index (χ1n) is 11.6. The zero-order valence-corrected chi connectivity index (χ0v) is 19.5. The highest BCUT2D eigenvalue weighted by Gasteiger charge is 2.47. The molecule has 9 heteroatoms. The van der Waals surface area contributed by atoms with E-state index in [9.17, 15) is 23.3 Å². The fourth-order valence-corrected chi connectivity index (χ4v) is 6.36. The molecule has 2 aromatic rings. The normalized spacial score (nSPS) is 24.1. The fourth-order valence-electron chi connectivity index (χ4n) is 5.43. The summed E-state index contributed by atoms with van der Waals surface area (Å²) in [6.07, 6.45) is 6.24. The summed E-state index contributed by atoms with van der Waals surface area (Å²) >= 11 is 0. The predicted octanol–water partition coefficient (Wildman–Crippen LogP) is 2.43. The van der Waals surface area contributed by atoms with Crippen molar-refractivity contribution in [1.29, 1.82) is 5.26 Å². The van der Waals surface area contributed by atoms with Crippen LogP contribution < -0.4 is 5.32 Å². The number of benzene rings is 1. The first-order valence-corrected chi connectivity index (χ1v) is 13.5. The van der Waals surface area contributed by atoms with Crippen LogP contribution in [0.3, 0.4) is 0 Å². The van der Waals surface area contributed by atoms with Crippen molar-refractivity contribution in [1.82, 2.24) is 15.2 Å². The quantitative estimate of drug-likeness (QED) is 0.713. The molecule has 2 amide bonds. The van der Waals surface area contributed by atoms with E-state index in [-0.39, 0.29) is 16.7 Å². The highest BCUT2D eigenvalue weighted by Crippen LogP contribution is 2.38. The maximum Gasteiger partial charge on any atom is 0.226 e. The molecule has 3 aliphatic rings.